The van der Waals surface area contributed by atoms with Gasteiger partial charge in [-0.2, -0.15) is 0 Å². The van der Waals surface area contributed by atoms with Gasteiger partial charge in [0.25, 0.3) is 0 Å². The van der Waals surface area contributed by atoms with Crippen molar-refractivity contribution in [1.82, 2.24) is 10.6 Å². The van der Waals surface area contributed by atoms with Gasteiger partial charge in [-0.1, -0.05) is 52.3 Å². The topological polar surface area (TPSA) is 132 Å². The van der Waals surface area contributed by atoms with E-state index in [0.29, 0.717) is 31.6 Å². The molecule has 0 bridgehead atoms. The molecular formula is C33H49F2N3O6. The Hall–Kier alpha value is -3.12. The molecule has 0 fully saturated rings. The molecule has 0 saturated carbocycles. The van der Waals surface area contributed by atoms with E-state index >= 15 is 0 Å². The lowest BCUT2D eigenvalue weighted by atomic mass is 9.86. The van der Waals surface area contributed by atoms with Gasteiger partial charge in [0.05, 0.1) is 32.0 Å². The van der Waals surface area contributed by atoms with Crippen LogP contribution in [-0.2, 0) is 32.2 Å². The molecule has 246 valence electrons. The van der Waals surface area contributed by atoms with Crippen LogP contribution in [0.2, 0.25) is 0 Å². The van der Waals surface area contributed by atoms with E-state index in [2.05, 4.69) is 10.6 Å². The highest BCUT2D eigenvalue weighted by molar-refractivity contribution is 5.88. The first kappa shape index (κ1) is 37.1. The average Bonchev–Trinajstić information content (AvgIpc) is 3.00. The van der Waals surface area contributed by atoms with Crippen LogP contribution in [0.25, 0.3) is 0 Å². The third kappa shape index (κ3) is 12.5. The molecular weight excluding hydrogens is 572 g/mol. The monoisotopic (exact) mass is 621 g/mol. The van der Waals surface area contributed by atoms with Crippen LogP contribution in [0.3, 0.4) is 0 Å². The van der Waals surface area contributed by atoms with Crippen molar-refractivity contribution in [3.8, 4) is 5.75 Å². The minimum atomic E-state index is -1.05. The van der Waals surface area contributed by atoms with Crippen LogP contribution in [0, 0.1) is 29.4 Å². The predicted octanol–water partition coefficient (Wildman–Crippen LogP) is 4.09. The lowest BCUT2D eigenvalue weighted by Crippen LogP contribution is -2.52. The van der Waals surface area contributed by atoms with E-state index in [4.69, 9.17) is 19.9 Å². The number of halogens is 2. The minimum absolute atomic E-state index is 0.0102. The van der Waals surface area contributed by atoms with Gasteiger partial charge in [-0.3, -0.25) is 9.59 Å². The van der Waals surface area contributed by atoms with Gasteiger partial charge < -0.3 is 35.7 Å². The summed E-state index contributed by atoms with van der Waals surface area (Å²) in [6.45, 7) is 8.72. The summed E-state index contributed by atoms with van der Waals surface area (Å²) in [5.74, 6) is -2.30. The van der Waals surface area contributed by atoms with E-state index in [9.17, 15) is 23.5 Å². The largest absolute Gasteiger partial charge is 0.490 e. The summed E-state index contributed by atoms with van der Waals surface area (Å²) in [6, 6.07) is 8.72. The second-order valence-electron chi connectivity index (χ2n) is 11.5. The molecule has 5 N–H and O–H groups in total. The highest BCUT2D eigenvalue weighted by atomic mass is 19.1. The zero-order valence-corrected chi connectivity index (χ0v) is 26.5. The molecule has 44 heavy (non-hydrogen) atoms. The van der Waals surface area contributed by atoms with Crippen LogP contribution in [0.15, 0.2) is 42.5 Å². The molecule has 0 radical (unpaired) electrons. The second kappa shape index (κ2) is 19.3. The van der Waals surface area contributed by atoms with Crippen LogP contribution < -0.4 is 21.1 Å². The van der Waals surface area contributed by atoms with Gasteiger partial charge in [-0.05, 0) is 53.6 Å². The van der Waals surface area contributed by atoms with E-state index in [1.54, 1.807) is 31.4 Å². The van der Waals surface area contributed by atoms with Crippen molar-refractivity contribution in [2.75, 3.05) is 26.9 Å². The highest BCUT2D eigenvalue weighted by Crippen LogP contribution is 2.22. The molecule has 0 saturated heterocycles. The normalized spacial score (nSPS) is 14.9. The number of carbonyl (C=O) groups excluding carboxylic acids is 2. The lowest BCUT2D eigenvalue weighted by molar-refractivity contribution is -0.134. The fourth-order valence-electron chi connectivity index (χ4n) is 4.54. The Morgan fingerprint density at radius 3 is 2.32 bits per heavy atom. The zero-order valence-electron chi connectivity index (χ0n) is 26.5. The van der Waals surface area contributed by atoms with Crippen LogP contribution in [0.5, 0.6) is 5.75 Å². The van der Waals surface area contributed by atoms with Gasteiger partial charge in [0.15, 0.2) is 11.6 Å². The number of nitrogens with two attached hydrogens (primary N) is 1. The number of aliphatic hydroxyl groups excluding tert-OH is 1. The summed E-state index contributed by atoms with van der Waals surface area (Å²) in [4.78, 5) is 26.5. The summed E-state index contributed by atoms with van der Waals surface area (Å²) < 4.78 is 43.4. The third-order valence-corrected chi connectivity index (χ3v) is 7.63. The van der Waals surface area contributed by atoms with Gasteiger partial charge >= 0.3 is 0 Å². The van der Waals surface area contributed by atoms with Crippen molar-refractivity contribution in [1.29, 1.82) is 0 Å². The van der Waals surface area contributed by atoms with E-state index in [1.807, 2.05) is 27.7 Å². The van der Waals surface area contributed by atoms with Crippen LogP contribution in [-0.4, -0.2) is 62.0 Å². The fourth-order valence-corrected chi connectivity index (χ4v) is 4.54. The summed E-state index contributed by atoms with van der Waals surface area (Å²) >= 11 is 0. The van der Waals surface area contributed by atoms with Crippen LogP contribution >= 0.6 is 0 Å². The van der Waals surface area contributed by atoms with Crippen molar-refractivity contribution in [2.45, 2.75) is 78.3 Å². The molecule has 0 heterocycles. The SMILES string of the molecule is CCC(C)C(NC(=O)C(CC(O)C(N)COCc1ccc(F)c(OCCCOC)c1)C(C)C)C(=O)NCc1ccc(F)cc1. The summed E-state index contributed by atoms with van der Waals surface area (Å²) in [5, 5.41) is 16.6. The number of amides is 2. The maximum absolute atomic E-state index is 14.1. The number of hydrogen-bond donors (Lipinski definition) is 4. The third-order valence-electron chi connectivity index (χ3n) is 7.63. The molecule has 5 atom stereocenters. The van der Waals surface area contributed by atoms with Gasteiger partial charge in [0, 0.05) is 32.6 Å². The number of rotatable bonds is 20. The first-order valence-electron chi connectivity index (χ1n) is 15.2. The van der Waals surface area contributed by atoms with Gasteiger partial charge in [-0.15, -0.1) is 0 Å². The number of carbonyl (C=O) groups is 2. The molecule has 2 aromatic carbocycles. The summed E-state index contributed by atoms with van der Waals surface area (Å²) in [6.07, 6.45) is 0.313. The molecule has 0 aromatic heterocycles. The quantitative estimate of drug-likeness (QED) is 0.164. The molecule has 0 aliphatic rings. The molecule has 2 aromatic rings. The summed E-state index contributed by atoms with van der Waals surface area (Å²) in [5.41, 5.74) is 7.63. The summed E-state index contributed by atoms with van der Waals surface area (Å²) in [7, 11) is 1.59. The standard InChI is InChI=1S/C33H49F2N3O6/c1-6-22(4)31(33(41)37-18-23-8-11-25(34)12-9-23)38-32(40)26(21(2)3)17-29(39)28(36)20-43-19-24-10-13-27(35)30(16-24)44-15-7-14-42-5/h8-13,16,21-22,26,28-29,31,39H,6-7,14-15,17-20,36H2,1-5H3,(H,37,41)(H,38,40). The highest BCUT2D eigenvalue weighted by Gasteiger charge is 2.32. The fraction of sp³-hybridized carbons (Fsp3) is 0.576. The van der Waals surface area contributed by atoms with Crippen molar-refractivity contribution in [2.24, 2.45) is 23.5 Å². The first-order chi connectivity index (χ1) is 21.0. The molecule has 0 spiro atoms. The molecule has 0 aliphatic heterocycles. The van der Waals surface area contributed by atoms with Crippen molar-refractivity contribution < 1.29 is 37.7 Å². The molecule has 9 nitrogen and oxygen atoms in total. The number of ether oxygens (including phenoxy) is 3. The Bertz CT molecular complexity index is 1150. The average molecular weight is 622 g/mol. The van der Waals surface area contributed by atoms with E-state index in [-0.39, 0.29) is 61.4 Å². The van der Waals surface area contributed by atoms with Gasteiger partial charge in [0.2, 0.25) is 11.8 Å². The number of benzene rings is 2. The Morgan fingerprint density at radius 1 is 1.00 bits per heavy atom. The van der Waals surface area contributed by atoms with E-state index < -0.39 is 29.9 Å². The van der Waals surface area contributed by atoms with Crippen molar-refractivity contribution in [3.05, 3.63) is 65.2 Å². The van der Waals surface area contributed by atoms with Gasteiger partial charge in [-0.25, -0.2) is 8.78 Å². The van der Waals surface area contributed by atoms with Gasteiger partial charge in [0.1, 0.15) is 11.9 Å². The molecule has 2 amide bonds. The molecule has 0 aliphatic carbocycles. The second-order valence-corrected chi connectivity index (χ2v) is 11.5. The molecule has 11 heteroatoms. The Balaban J connectivity index is 1.92. The van der Waals surface area contributed by atoms with Crippen LogP contribution in [0.1, 0.15) is 58.1 Å². The number of methoxy groups -OCH3 is 1. The zero-order chi connectivity index (χ0) is 32.6. The predicted molar refractivity (Wildman–Crippen MR) is 165 cm³/mol. The number of nitrogens with one attached hydrogen (secondary N) is 2. The first-order valence-corrected chi connectivity index (χ1v) is 15.2. The Morgan fingerprint density at radius 2 is 1.68 bits per heavy atom. The maximum atomic E-state index is 14.1. The Kier molecular flexibility index (Phi) is 16.3. The van der Waals surface area contributed by atoms with Crippen LogP contribution in [0.4, 0.5) is 8.78 Å². The molecule has 5 unspecified atom stereocenters. The minimum Gasteiger partial charge on any atom is -0.490 e. The Labute approximate surface area is 259 Å². The number of hydrogen-bond acceptors (Lipinski definition) is 7. The lowest BCUT2D eigenvalue weighted by Gasteiger charge is -2.29. The van der Waals surface area contributed by atoms with Crippen molar-refractivity contribution in [3.63, 3.8) is 0 Å². The number of aliphatic hydroxyl groups is 1. The van der Waals surface area contributed by atoms with Crippen molar-refractivity contribution >= 4 is 11.8 Å². The molecule has 2 rings (SSSR count). The smallest absolute Gasteiger partial charge is 0.243 e. The van der Waals surface area contributed by atoms with E-state index in [1.165, 1.54) is 18.2 Å². The maximum Gasteiger partial charge on any atom is 0.243 e. The van der Waals surface area contributed by atoms with E-state index in [0.717, 1.165) is 5.56 Å².